The molecule has 31 heavy (non-hydrogen) atoms. The minimum absolute atomic E-state index is 0.267. The van der Waals surface area contributed by atoms with E-state index < -0.39 is 42.7 Å². The molecule has 4 unspecified atom stereocenters. The molecule has 170 valence electrons. The number of aromatic nitrogens is 2. The number of carboxylic acids is 1. The molecule has 4 atom stereocenters. The second-order valence-corrected chi connectivity index (χ2v) is 7.85. The Balaban J connectivity index is 1.66. The van der Waals surface area contributed by atoms with Crippen LogP contribution in [0.2, 0.25) is 0 Å². The van der Waals surface area contributed by atoms with E-state index in [0.717, 1.165) is 5.69 Å². The van der Waals surface area contributed by atoms with Gasteiger partial charge in [0.25, 0.3) is 0 Å². The summed E-state index contributed by atoms with van der Waals surface area (Å²) in [5, 5.41) is 20.4. The van der Waals surface area contributed by atoms with Gasteiger partial charge >= 0.3 is 5.97 Å². The van der Waals surface area contributed by atoms with Gasteiger partial charge in [-0.2, -0.15) is 0 Å². The van der Waals surface area contributed by atoms with E-state index in [1.165, 1.54) is 16.1 Å². The number of nitrogens with zero attached hydrogens (tertiary/aromatic N) is 3. The number of rotatable bonds is 8. The fourth-order valence-corrected chi connectivity index (χ4v) is 4.17. The van der Waals surface area contributed by atoms with E-state index in [-0.39, 0.29) is 18.2 Å². The Hall–Kier alpha value is -2.99. The molecule has 6 N–H and O–H groups in total. The van der Waals surface area contributed by atoms with E-state index in [1.54, 1.807) is 6.20 Å². The van der Waals surface area contributed by atoms with E-state index in [2.05, 4.69) is 15.3 Å². The van der Waals surface area contributed by atoms with E-state index in [0.29, 0.717) is 38.8 Å². The number of nitrogens with one attached hydrogen (secondary N) is 2. The number of hydrogen-bond donors (Lipinski definition) is 5. The lowest BCUT2D eigenvalue weighted by Gasteiger charge is -2.32. The van der Waals surface area contributed by atoms with Crippen LogP contribution in [0, 0.1) is 0 Å². The maximum absolute atomic E-state index is 13.2. The molecule has 0 aliphatic carbocycles. The highest BCUT2D eigenvalue weighted by Gasteiger charge is 2.43. The van der Waals surface area contributed by atoms with Gasteiger partial charge in [0.05, 0.1) is 19.0 Å². The molecule has 1 aromatic heterocycles. The third-order valence-corrected chi connectivity index (χ3v) is 5.77. The van der Waals surface area contributed by atoms with Gasteiger partial charge in [0.2, 0.25) is 17.7 Å². The summed E-state index contributed by atoms with van der Waals surface area (Å²) < 4.78 is 0. The molecule has 2 fully saturated rings. The number of aliphatic hydroxyl groups excluding tert-OH is 1. The Morgan fingerprint density at radius 3 is 2.48 bits per heavy atom. The van der Waals surface area contributed by atoms with Crippen LogP contribution in [-0.4, -0.2) is 97.5 Å². The molecule has 0 bridgehead atoms. The average Bonchev–Trinajstić information content (AvgIpc) is 3.51. The number of carbonyl (C=O) groups excluding carboxylic acids is 3. The number of aliphatic hydroxyl groups is 1. The van der Waals surface area contributed by atoms with Crippen molar-refractivity contribution in [2.24, 2.45) is 5.73 Å². The molecule has 1 aromatic rings. The molecular weight excluding hydrogens is 408 g/mol. The van der Waals surface area contributed by atoms with Gasteiger partial charge in [-0.3, -0.25) is 14.4 Å². The van der Waals surface area contributed by atoms with Crippen LogP contribution in [0.15, 0.2) is 12.5 Å². The predicted octanol–water partition coefficient (Wildman–Crippen LogP) is -2.18. The molecule has 12 nitrogen and oxygen atoms in total. The standard InChI is InChI=1S/C19H28N6O6/c20-12(7-11-8-21-10-22-11)17(28)25-6-2-4-15(25)18(29)24-5-1-3-14(24)16(27)23-13(9-26)19(30)31/h8,10,12-15,26H,1-7,9,20H2,(H,21,22)(H,23,27)(H,30,31). The third-order valence-electron chi connectivity index (χ3n) is 5.77. The predicted molar refractivity (Wildman–Crippen MR) is 106 cm³/mol. The molecular formula is C19H28N6O6. The van der Waals surface area contributed by atoms with E-state index in [9.17, 15) is 19.2 Å². The van der Waals surface area contributed by atoms with Gasteiger partial charge in [-0.15, -0.1) is 0 Å². The van der Waals surface area contributed by atoms with Crippen LogP contribution in [0.1, 0.15) is 31.4 Å². The highest BCUT2D eigenvalue weighted by Crippen LogP contribution is 2.25. The molecule has 0 saturated carbocycles. The van der Waals surface area contributed by atoms with Gasteiger partial charge in [0.15, 0.2) is 0 Å². The maximum atomic E-state index is 13.2. The number of hydrogen-bond acceptors (Lipinski definition) is 7. The van der Waals surface area contributed by atoms with Crippen molar-refractivity contribution < 1.29 is 29.4 Å². The summed E-state index contributed by atoms with van der Waals surface area (Å²) in [7, 11) is 0. The van der Waals surface area contributed by atoms with Crippen LogP contribution in [0.4, 0.5) is 0 Å². The molecule has 0 radical (unpaired) electrons. The van der Waals surface area contributed by atoms with Crippen molar-refractivity contribution in [3.63, 3.8) is 0 Å². The van der Waals surface area contributed by atoms with Gasteiger partial charge in [-0.25, -0.2) is 9.78 Å². The zero-order valence-electron chi connectivity index (χ0n) is 17.1. The largest absolute Gasteiger partial charge is 0.480 e. The van der Waals surface area contributed by atoms with E-state index >= 15 is 0 Å². The fourth-order valence-electron chi connectivity index (χ4n) is 4.17. The quantitative estimate of drug-likeness (QED) is 0.305. The SMILES string of the molecule is NC(Cc1cnc[nH]1)C(=O)N1CCCC1C(=O)N1CCCC1C(=O)NC(CO)C(=O)O. The molecule has 0 spiro atoms. The summed E-state index contributed by atoms with van der Waals surface area (Å²) in [4.78, 5) is 59.5. The zero-order valence-corrected chi connectivity index (χ0v) is 17.1. The summed E-state index contributed by atoms with van der Waals surface area (Å²) in [5.41, 5.74) is 6.79. The summed E-state index contributed by atoms with van der Waals surface area (Å²) >= 11 is 0. The number of aromatic amines is 1. The number of nitrogens with two attached hydrogens (primary N) is 1. The van der Waals surface area contributed by atoms with E-state index in [4.69, 9.17) is 15.9 Å². The number of amides is 3. The normalized spacial score (nSPS) is 22.9. The lowest BCUT2D eigenvalue weighted by molar-refractivity contribution is -0.148. The van der Waals surface area contributed by atoms with Crippen molar-refractivity contribution in [2.75, 3.05) is 19.7 Å². The highest BCUT2D eigenvalue weighted by atomic mass is 16.4. The Morgan fingerprint density at radius 1 is 1.19 bits per heavy atom. The van der Waals surface area contributed by atoms with E-state index in [1.807, 2.05) is 0 Å². The number of H-pyrrole nitrogens is 1. The lowest BCUT2D eigenvalue weighted by atomic mass is 10.1. The molecule has 2 saturated heterocycles. The molecule has 0 aromatic carbocycles. The molecule has 3 amide bonds. The molecule has 3 rings (SSSR count). The van der Waals surface area contributed by atoms with Gasteiger partial charge in [-0.1, -0.05) is 0 Å². The summed E-state index contributed by atoms with van der Waals surface area (Å²) in [6.07, 6.45) is 5.44. The summed E-state index contributed by atoms with van der Waals surface area (Å²) in [6, 6.07) is -3.80. The second kappa shape index (κ2) is 9.88. The van der Waals surface area contributed by atoms with Crippen molar-refractivity contribution in [1.82, 2.24) is 25.1 Å². The van der Waals surface area contributed by atoms with Crippen LogP contribution < -0.4 is 11.1 Å². The third kappa shape index (κ3) is 5.02. The van der Waals surface area contributed by atoms with Crippen LogP contribution in [0.25, 0.3) is 0 Å². The number of imidazole rings is 1. The number of carbonyl (C=O) groups is 4. The van der Waals surface area contributed by atoms with Crippen LogP contribution >= 0.6 is 0 Å². The molecule has 12 heteroatoms. The molecule has 2 aliphatic rings. The second-order valence-electron chi connectivity index (χ2n) is 7.85. The van der Waals surface area contributed by atoms with Gasteiger partial charge in [0, 0.05) is 31.4 Å². The topological polar surface area (TPSA) is 182 Å². The van der Waals surface area contributed by atoms with Crippen LogP contribution in [-0.2, 0) is 25.6 Å². The first-order chi connectivity index (χ1) is 14.8. The highest BCUT2D eigenvalue weighted by molar-refractivity contribution is 5.94. The smallest absolute Gasteiger partial charge is 0.328 e. The Morgan fingerprint density at radius 2 is 1.87 bits per heavy atom. The molecule has 3 heterocycles. The van der Waals surface area contributed by atoms with Gasteiger partial charge in [-0.05, 0) is 25.7 Å². The Labute approximate surface area is 178 Å². The van der Waals surface area contributed by atoms with Crippen LogP contribution in [0.5, 0.6) is 0 Å². The number of carboxylic acid groups (broad SMARTS) is 1. The summed E-state index contributed by atoms with van der Waals surface area (Å²) in [6.45, 7) is -0.00437. The maximum Gasteiger partial charge on any atom is 0.328 e. The number of likely N-dealkylation sites (tertiary alicyclic amines) is 2. The Bertz CT molecular complexity index is 815. The average molecular weight is 436 g/mol. The van der Waals surface area contributed by atoms with Crippen molar-refractivity contribution in [1.29, 1.82) is 0 Å². The Kier molecular flexibility index (Phi) is 7.23. The van der Waals surface area contributed by atoms with Crippen molar-refractivity contribution in [2.45, 2.75) is 56.3 Å². The number of aliphatic carboxylic acids is 1. The van der Waals surface area contributed by atoms with Crippen molar-refractivity contribution in [3.05, 3.63) is 18.2 Å². The van der Waals surface area contributed by atoms with Gasteiger partial charge < -0.3 is 36.0 Å². The lowest BCUT2D eigenvalue weighted by Crippen LogP contribution is -2.56. The minimum Gasteiger partial charge on any atom is -0.480 e. The minimum atomic E-state index is -1.44. The summed E-state index contributed by atoms with van der Waals surface area (Å²) in [5.74, 6) is -2.66. The van der Waals surface area contributed by atoms with Gasteiger partial charge in [0.1, 0.15) is 18.1 Å². The fraction of sp³-hybridized carbons (Fsp3) is 0.632. The first-order valence-electron chi connectivity index (χ1n) is 10.3. The van der Waals surface area contributed by atoms with Crippen molar-refractivity contribution in [3.8, 4) is 0 Å². The zero-order chi connectivity index (χ0) is 22.5. The monoisotopic (exact) mass is 436 g/mol. The van der Waals surface area contributed by atoms with Crippen LogP contribution in [0.3, 0.4) is 0 Å². The molecule has 2 aliphatic heterocycles. The van der Waals surface area contributed by atoms with Crippen molar-refractivity contribution >= 4 is 23.7 Å². The first-order valence-corrected chi connectivity index (χ1v) is 10.3. The first kappa shape index (κ1) is 22.7.